The quantitative estimate of drug-likeness (QED) is 0.906. The number of anilines is 1. The van der Waals surface area contributed by atoms with E-state index in [1.54, 1.807) is 41.3 Å². The van der Waals surface area contributed by atoms with Crippen molar-refractivity contribution < 1.29 is 4.79 Å². The van der Waals surface area contributed by atoms with E-state index >= 15 is 0 Å². The van der Waals surface area contributed by atoms with Crippen molar-refractivity contribution in [2.24, 2.45) is 7.05 Å². The molecule has 2 aromatic heterocycles. The third-order valence-electron chi connectivity index (χ3n) is 4.11. The predicted molar refractivity (Wildman–Crippen MR) is 90.5 cm³/mol. The zero-order valence-corrected chi connectivity index (χ0v) is 14.1. The van der Waals surface area contributed by atoms with E-state index < -0.39 is 0 Å². The van der Waals surface area contributed by atoms with Crippen LogP contribution in [-0.4, -0.2) is 56.9 Å². The van der Waals surface area contributed by atoms with E-state index in [-0.39, 0.29) is 12.1 Å². The van der Waals surface area contributed by atoms with E-state index in [4.69, 9.17) is 0 Å². The van der Waals surface area contributed by atoms with Crippen LogP contribution in [-0.2, 0) is 13.6 Å². The number of hydrogen-bond acceptors (Lipinski definition) is 5. The second-order valence-electron chi connectivity index (χ2n) is 6.16. The van der Waals surface area contributed by atoms with Crippen molar-refractivity contribution in [2.75, 3.05) is 25.0 Å². The molecule has 8 nitrogen and oxygen atoms in total. The van der Waals surface area contributed by atoms with Gasteiger partial charge in [-0.15, -0.1) is 0 Å². The lowest BCUT2D eigenvalue weighted by Gasteiger charge is -2.33. The number of carbonyl (C=O) groups is 1. The Hall–Kier alpha value is -2.64. The summed E-state index contributed by atoms with van der Waals surface area (Å²) in [5, 5.41) is 7.23. The summed E-state index contributed by atoms with van der Waals surface area (Å²) in [7, 11) is 3.66. The standard InChI is InChI=1S/C16H23N7O/c1-21(10-13-9-19-22(2)11-13)16(24)20-14-5-3-8-23(12-14)15-17-6-4-7-18-15/h4,6-7,9,11,14H,3,5,8,10,12H2,1-2H3,(H,20,24)/t14-/m0/s1. The molecule has 1 atom stereocenters. The maximum atomic E-state index is 12.4. The number of carbonyl (C=O) groups excluding carboxylic acids is 1. The molecule has 1 saturated heterocycles. The first kappa shape index (κ1) is 16.2. The third-order valence-corrected chi connectivity index (χ3v) is 4.11. The Labute approximate surface area is 141 Å². The number of aromatic nitrogens is 4. The number of piperidine rings is 1. The van der Waals surface area contributed by atoms with Gasteiger partial charge in [-0.25, -0.2) is 14.8 Å². The molecule has 0 radical (unpaired) electrons. The third kappa shape index (κ3) is 4.01. The predicted octanol–water partition coefficient (Wildman–Crippen LogP) is 1.02. The summed E-state index contributed by atoms with van der Waals surface area (Å²) in [4.78, 5) is 24.8. The van der Waals surface area contributed by atoms with Crippen molar-refractivity contribution in [2.45, 2.75) is 25.4 Å². The summed E-state index contributed by atoms with van der Waals surface area (Å²) < 4.78 is 1.74. The molecule has 0 spiro atoms. The lowest BCUT2D eigenvalue weighted by molar-refractivity contribution is 0.200. The van der Waals surface area contributed by atoms with E-state index in [0.717, 1.165) is 37.4 Å². The SMILES string of the molecule is CN(Cc1cnn(C)c1)C(=O)N[C@H]1CCCN(c2ncccn2)C1. The monoisotopic (exact) mass is 329 g/mol. The van der Waals surface area contributed by atoms with Crippen LogP contribution in [0.4, 0.5) is 10.7 Å². The summed E-state index contributed by atoms with van der Waals surface area (Å²) in [6, 6.07) is 1.84. The molecular formula is C16H23N7O. The van der Waals surface area contributed by atoms with Crippen molar-refractivity contribution in [1.29, 1.82) is 0 Å². The minimum atomic E-state index is -0.0697. The zero-order chi connectivity index (χ0) is 16.9. The molecule has 1 N–H and O–H groups in total. The van der Waals surface area contributed by atoms with Crippen LogP contribution >= 0.6 is 0 Å². The molecule has 0 unspecified atom stereocenters. The van der Waals surface area contributed by atoms with Crippen molar-refractivity contribution >= 4 is 12.0 Å². The normalized spacial score (nSPS) is 17.6. The van der Waals surface area contributed by atoms with Gasteiger partial charge < -0.3 is 15.1 Å². The van der Waals surface area contributed by atoms with Crippen LogP contribution in [0.15, 0.2) is 30.9 Å². The molecule has 3 rings (SSSR count). The van der Waals surface area contributed by atoms with E-state index in [0.29, 0.717) is 6.54 Å². The lowest BCUT2D eigenvalue weighted by atomic mass is 10.1. The summed E-state index contributed by atoms with van der Waals surface area (Å²) in [6.45, 7) is 2.19. The first-order valence-electron chi connectivity index (χ1n) is 8.13. The fourth-order valence-electron chi connectivity index (χ4n) is 2.92. The van der Waals surface area contributed by atoms with Crippen LogP contribution in [0.1, 0.15) is 18.4 Å². The molecule has 8 heteroatoms. The highest BCUT2D eigenvalue weighted by molar-refractivity contribution is 5.74. The van der Waals surface area contributed by atoms with Gasteiger partial charge in [0, 0.05) is 57.4 Å². The first-order chi connectivity index (χ1) is 11.6. The van der Waals surface area contributed by atoms with Gasteiger partial charge in [0.05, 0.1) is 12.7 Å². The van der Waals surface area contributed by atoms with Crippen LogP contribution < -0.4 is 10.2 Å². The van der Waals surface area contributed by atoms with Gasteiger partial charge in [0.15, 0.2) is 0 Å². The average molecular weight is 329 g/mol. The van der Waals surface area contributed by atoms with Gasteiger partial charge in [-0.2, -0.15) is 5.10 Å². The molecule has 2 aromatic rings. The van der Waals surface area contributed by atoms with Gasteiger partial charge in [0.25, 0.3) is 0 Å². The van der Waals surface area contributed by atoms with Gasteiger partial charge in [0.2, 0.25) is 5.95 Å². The summed E-state index contributed by atoms with van der Waals surface area (Å²) in [5.74, 6) is 0.722. The van der Waals surface area contributed by atoms with E-state index in [1.807, 2.05) is 13.2 Å². The summed E-state index contributed by atoms with van der Waals surface area (Å²) in [6.07, 6.45) is 9.15. The number of urea groups is 1. The highest BCUT2D eigenvalue weighted by Crippen LogP contribution is 2.15. The largest absolute Gasteiger partial charge is 0.339 e. The Kier molecular flexibility index (Phi) is 4.93. The van der Waals surface area contributed by atoms with Gasteiger partial charge in [-0.3, -0.25) is 4.68 Å². The average Bonchev–Trinajstić information content (AvgIpc) is 3.00. The molecular weight excluding hydrogens is 306 g/mol. The Morgan fingerprint density at radius 1 is 1.42 bits per heavy atom. The molecule has 2 amide bonds. The molecule has 0 bridgehead atoms. The number of nitrogens with one attached hydrogen (secondary N) is 1. The number of hydrogen-bond donors (Lipinski definition) is 1. The van der Waals surface area contributed by atoms with Gasteiger partial charge in [-0.05, 0) is 18.9 Å². The van der Waals surface area contributed by atoms with Crippen LogP contribution in [0.5, 0.6) is 0 Å². The van der Waals surface area contributed by atoms with Crippen LogP contribution in [0.25, 0.3) is 0 Å². The molecule has 0 saturated carbocycles. The maximum absolute atomic E-state index is 12.4. The fraction of sp³-hybridized carbons (Fsp3) is 0.500. The Morgan fingerprint density at radius 3 is 2.92 bits per heavy atom. The molecule has 1 aliphatic rings. The number of rotatable bonds is 4. The van der Waals surface area contributed by atoms with Crippen LogP contribution in [0.2, 0.25) is 0 Å². The lowest BCUT2D eigenvalue weighted by Crippen LogP contribution is -2.51. The smallest absolute Gasteiger partial charge is 0.317 e. The van der Waals surface area contributed by atoms with Gasteiger partial charge in [0.1, 0.15) is 0 Å². The molecule has 0 aliphatic carbocycles. The molecule has 128 valence electrons. The van der Waals surface area contributed by atoms with Gasteiger partial charge in [-0.1, -0.05) is 0 Å². The number of nitrogens with zero attached hydrogens (tertiary/aromatic N) is 6. The van der Waals surface area contributed by atoms with Crippen molar-refractivity contribution in [3.63, 3.8) is 0 Å². The zero-order valence-electron chi connectivity index (χ0n) is 14.1. The minimum Gasteiger partial charge on any atom is -0.339 e. The molecule has 1 aliphatic heterocycles. The van der Waals surface area contributed by atoms with E-state index in [2.05, 4.69) is 25.3 Å². The maximum Gasteiger partial charge on any atom is 0.317 e. The van der Waals surface area contributed by atoms with Gasteiger partial charge >= 0.3 is 6.03 Å². The van der Waals surface area contributed by atoms with Crippen molar-refractivity contribution in [3.8, 4) is 0 Å². The van der Waals surface area contributed by atoms with Crippen molar-refractivity contribution in [1.82, 2.24) is 30.0 Å². The second-order valence-corrected chi connectivity index (χ2v) is 6.16. The number of amides is 2. The Balaban J connectivity index is 1.53. The van der Waals surface area contributed by atoms with E-state index in [9.17, 15) is 4.79 Å². The number of aryl methyl sites for hydroxylation is 1. The summed E-state index contributed by atoms with van der Waals surface area (Å²) in [5.41, 5.74) is 1.01. The molecule has 0 aromatic carbocycles. The Bertz CT molecular complexity index is 672. The fourth-order valence-corrected chi connectivity index (χ4v) is 2.92. The van der Waals surface area contributed by atoms with Crippen LogP contribution in [0.3, 0.4) is 0 Å². The highest BCUT2D eigenvalue weighted by atomic mass is 16.2. The van der Waals surface area contributed by atoms with Crippen LogP contribution in [0, 0.1) is 0 Å². The van der Waals surface area contributed by atoms with Crippen molar-refractivity contribution in [3.05, 3.63) is 36.4 Å². The molecule has 1 fully saturated rings. The topological polar surface area (TPSA) is 79.2 Å². The van der Waals surface area contributed by atoms with E-state index in [1.165, 1.54) is 0 Å². The minimum absolute atomic E-state index is 0.0697. The second kappa shape index (κ2) is 7.29. The first-order valence-corrected chi connectivity index (χ1v) is 8.13. The molecule has 3 heterocycles. The highest BCUT2D eigenvalue weighted by Gasteiger charge is 2.24. The summed E-state index contributed by atoms with van der Waals surface area (Å²) >= 11 is 0. The molecule has 24 heavy (non-hydrogen) atoms. The Morgan fingerprint density at radius 2 is 2.21 bits per heavy atom.